The second-order valence-corrected chi connectivity index (χ2v) is 5.51. The summed E-state index contributed by atoms with van der Waals surface area (Å²) in [6.07, 6.45) is -5.23. The van der Waals surface area contributed by atoms with E-state index in [2.05, 4.69) is 10.2 Å². The monoisotopic (exact) mass is 397 g/mol. The summed E-state index contributed by atoms with van der Waals surface area (Å²) in [5.74, 6) is -2.66. The van der Waals surface area contributed by atoms with Crippen molar-refractivity contribution in [1.29, 1.82) is 0 Å². The molecule has 0 fully saturated rings. The summed E-state index contributed by atoms with van der Waals surface area (Å²) in [5, 5.41) is 1.62. The fourth-order valence-corrected chi connectivity index (χ4v) is 2.14. The highest BCUT2D eigenvalue weighted by molar-refractivity contribution is 5.89. The lowest BCUT2D eigenvalue weighted by Crippen LogP contribution is -2.74. The van der Waals surface area contributed by atoms with Gasteiger partial charge in [-0.15, -0.1) is 0 Å². The molecule has 10 heteroatoms. The lowest BCUT2D eigenvalue weighted by Gasteiger charge is -2.34. The molecule has 1 atom stereocenters. The number of esters is 1. The molecule has 3 N–H and O–H groups in total. The summed E-state index contributed by atoms with van der Waals surface area (Å²) in [6, 6.07) is 15.8. The number of ether oxygens (including phenoxy) is 2. The highest BCUT2D eigenvalue weighted by Gasteiger charge is 2.63. The normalized spacial score (nSPS) is 13.1. The second kappa shape index (κ2) is 9.09. The van der Waals surface area contributed by atoms with E-state index in [0.29, 0.717) is 0 Å². The van der Waals surface area contributed by atoms with Gasteiger partial charge in [-0.25, -0.2) is 4.79 Å². The van der Waals surface area contributed by atoms with Crippen LogP contribution >= 0.6 is 0 Å². The van der Waals surface area contributed by atoms with Gasteiger partial charge in [-0.2, -0.15) is 18.6 Å². The van der Waals surface area contributed by atoms with E-state index in [0.717, 1.165) is 7.11 Å². The number of rotatable bonds is 8. The van der Waals surface area contributed by atoms with Crippen molar-refractivity contribution in [3.63, 3.8) is 0 Å². The minimum atomic E-state index is -5.23. The Bertz CT molecular complexity index is 788. The van der Waals surface area contributed by atoms with E-state index in [-0.39, 0.29) is 11.4 Å². The van der Waals surface area contributed by atoms with Crippen LogP contribution in [0.4, 0.5) is 18.9 Å². The predicted octanol–water partition coefficient (Wildman–Crippen LogP) is 2.23. The van der Waals surface area contributed by atoms with Gasteiger partial charge in [0, 0.05) is 5.69 Å². The summed E-state index contributed by atoms with van der Waals surface area (Å²) >= 11 is 0. The zero-order valence-corrected chi connectivity index (χ0v) is 14.7. The molecule has 150 valence electrons. The first-order valence-corrected chi connectivity index (χ1v) is 8.01. The Morgan fingerprint density at radius 1 is 0.964 bits per heavy atom. The summed E-state index contributed by atoms with van der Waals surface area (Å²) in [6.45, 7) is -0.744. The van der Waals surface area contributed by atoms with E-state index < -0.39 is 30.3 Å². The number of hydrazine groups is 1. The third-order valence-corrected chi connectivity index (χ3v) is 3.52. The molecular weight excluding hydrogens is 379 g/mol. The molecule has 2 aromatic carbocycles. The number of alkyl halides is 3. The van der Waals surface area contributed by atoms with Gasteiger partial charge in [-0.1, -0.05) is 36.4 Å². The molecule has 0 aliphatic rings. The number of benzene rings is 2. The van der Waals surface area contributed by atoms with Crippen molar-refractivity contribution >= 4 is 17.6 Å². The minimum absolute atomic E-state index is 0.231. The van der Waals surface area contributed by atoms with E-state index in [4.69, 9.17) is 4.74 Å². The lowest BCUT2D eigenvalue weighted by molar-refractivity contribution is -0.219. The maximum atomic E-state index is 13.8. The summed E-state index contributed by atoms with van der Waals surface area (Å²) in [5.41, 5.74) is 0.791. The molecule has 2 aromatic rings. The summed E-state index contributed by atoms with van der Waals surface area (Å²) in [4.78, 5) is 24.1. The number of methoxy groups -OCH3 is 1. The Balaban J connectivity index is 2.18. The number of hydrogen-bond donors (Lipinski definition) is 3. The van der Waals surface area contributed by atoms with Crippen LogP contribution in [-0.2, 0) is 14.3 Å². The molecule has 0 unspecified atom stereocenters. The molecule has 28 heavy (non-hydrogen) atoms. The van der Waals surface area contributed by atoms with Crippen molar-refractivity contribution in [3.05, 3.63) is 60.7 Å². The van der Waals surface area contributed by atoms with E-state index >= 15 is 0 Å². The molecule has 0 saturated heterocycles. The fourth-order valence-electron chi connectivity index (χ4n) is 2.14. The first kappa shape index (κ1) is 21.0. The number of halogens is 3. The van der Waals surface area contributed by atoms with Crippen LogP contribution in [-0.4, -0.2) is 37.4 Å². The van der Waals surface area contributed by atoms with E-state index in [1.165, 1.54) is 24.3 Å². The van der Waals surface area contributed by atoms with Crippen LogP contribution in [0.2, 0.25) is 0 Å². The molecule has 0 aliphatic carbocycles. The van der Waals surface area contributed by atoms with Gasteiger partial charge in [0.2, 0.25) is 0 Å². The Morgan fingerprint density at radius 3 is 2.07 bits per heavy atom. The third kappa shape index (κ3) is 5.13. The topological polar surface area (TPSA) is 88.7 Å². The maximum Gasteiger partial charge on any atom is 0.438 e. The van der Waals surface area contributed by atoms with E-state index in [9.17, 15) is 22.8 Å². The maximum absolute atomic E-state index is 13.8. The first-order chi connectivity index (χ1) is 13.3. The van der Waals surface area contributed by atoms with Crippen LogP contribution in [0, 0.1) is 0 Å². The van der Waals surface area contributed by atoms with Crippen molar-refractivity contribution in [2.75, 3.05) is 19.1 Å². The summed E-state index contributed by atoms with van der Waals surface area (Å²) in [7, 11) is 0.777. The van der Waals surface area contributed by atoms with Crippen LogP contribution in [0.25, 0.3) is 0 Å². The molecule has 0 bridgehead atoms. The molecule has 7 nitrogen and oxygen atoms in total. The number of carbonyl (C=O) groups excluding carboxylic acids is 2. The average Bonchev–Trinajstić information content (AvgIpc) is 2.69. The largest absolute Gasteiger partial charge is 0.484 e. The van der Waals surface area contributed by atoms with Gasteiger partial charge < -0.3 is 20.2 Å². The number of nitrogens with one attached hydrogen (secondary N) is 3. The average molecular weight is 397 g/mol. The quantitative estimate of drug-likeness (QED) is 0.360. The molecule has 0 aromatic heterocycles. The Kier molecular flexibility index (Phi) is 6.83. The van der Waals surface area contributed by atoms with Gasteiger partial charge in [-0.3, -0.25) is 4.79 Å². The van der Waals surface area contributed by atoms with Crippen molar-refractivity contribution in [1.82, 2.24) is 10.7 Å². The molecule has 0 saturated carbocycles. The van der Waals surface area contributed by atoms with Crippen LogP contribution in [0.1, 0.15) is 0 Å². The van der Waals surface area contributed by atoms with Crippen LogP contribution < -0.4 is 20.9 Å². The molecule has 2 rings (SSSR count). The highest BCUT2D eigenvalue weighted by atomic mass is 19.4. The summed E-state index contributed by atoms with van der Waals surface area (Å²) < 4.78 is 50.7. The van der Waals surface area contributed by atoms with Gasteiger partial charge in [0.15, 0.2) is 6.61 Å². The van der Waals surface area contributed by atoms with Crippen molar-refractivity contribution in [2.45, 2.75) is 11.8 Å². The van der Waals surface area contributed by atoms with Crippen molar-refractivity contribution in [3.8, 4) is 5.75 Å². The zero-order valence-electron chi connectivity index (χ0n) is 14.7. The zero-order chi connectivity index (χ0) is 20.6. The number of para-hydroxylation sites is 2. The number of amides is 1. The van der Waals surface area contributed by atoms with Gasteiger partial charge in [-0.05, 0) is 24.3 Å². The molecule has 0 radical (unpaired) electrons. The van der Waals surface area contributed by atoms with Gasteiger partial charge in [0.1, 0.15) is 5.75 Å². The van der Waals surface area contributed by atoms with Crippen LogP contribution in [0.15, 0.2) is 60.7 Å². The second-order valence-electron chi connectivity index (χ2n) is 5.51. The highest BCUT2D eigenvalue weighted by Crippen LogP contribution is 2.30. The van der Waals surface area contributed by atoms with E-state index in [1.54, 1.807) is 41.7 Å². The molecule has 1 amide bonds. The Hall–Kier alpha value is -3.27. The molecule has 0 spiro atoms. The fraction of sp³-hybridized carbons (Fsp3) is 0.222. The Labute approximate surface area is 158 Å². The first-order valence-electron chi connectivity index (χ1n) is 8.01. The number of carbonyl (C=O) groups is 2. The van der Waals surface area contributed by atoms with Gasteiger partial charge >= 0.3 is 17.8 Å². The van der Waals surface area contributed by atoms with Crippen LogP contribution in [0.3, 0.4) is 0 Å². The minimum Gasteiger partial charge on any atom is -0.484 e. The molecule has 0 heterocycles. The smallest absolute Gasteiger partial charge is 0.438 e. The standard InChI is InChI=1S/C18H18F3N3O4/c1-27-16(26)17(18(19,20)21,24-23-13-8-4-2-5-9-13)22-15(25)12-28-14-10-6-3-7-11-14/h2-11,23-24H,12H2,1H3,(H,22,25)/t17-/m1/s1. The van der Waals surface area contributed by atoms with E-state index in [1.807, 2.05) is 5.43 Å². The van der Waals surface area contributed by atoms with Crippen molar-refractivity contribution in [2.24, 2.45) is 0 Å². The molecular formula is C18H18F3N3O4. The Morgan fingerprint density at radius 2 is 1.54 bits per heavy atom. The third-order valence-electron chi connectivity index (χ3n) is 3.52. The SMILES string of the molecule is COC(=O)[C@](NNc1ccccc1)(NC(=O)COc1ccccc1)C(F)(F)F. The van der Waals surface area contributed by atoms with Crippen molar-refractivity contribution < 1.29 is 32.2 Å². The van der Waals surface area contributed by atoms with Gasteiger partial charge in [0.05, 0.1) is 7.11 Å². The molecule has 0 aliphatic heterocycles. The predicted molar refractivity (Wildman–Crippen MR) is 94.1 cm³/mol. The van der Waals surface area contributed by atoms with Gasteiger partial charge in [0.25, 0.3) is 5.91 Å². The van der Waals surface area contributed by atoms with Crippen LogP contribution in [0.5, 0.6) is 5.75 Å². The number of hydrogen-bond acceptors (Lipinski definition) is 6. The number of anilines is 1. The lowest BCUT2D eigenvalue weighted by atomic mass is 10.1.